The highest BCUT2D eigenvalue weighted by atomic mass is 19.1. The average molecular weight is 682 g/mol. The van der Waals surface area contributed by atoms with Gasteiger partial charge in [-0.05, 0) is 53.4 Å². The van der Waals surface area contributed by atoms with Gasteiger partial charge < -0.3 is 20.5 Å². The van der Waals surface area contributed by atoms with Crippen molar-refractivity contribution in [2.24, 2.45) is 0 Å². The Balaban J connectivity index is 1.10. The van der Waals surface area contributed by atoms with Crippen LogP contribution in [0, 0.1) is 23.3 Å². The summed E-state index contributed by atoms with van der Waals surface area (Å²) in [6.45, 7) is 8.65. The molecular formula is C40H35F4N3O3. The Hall–Kier alpha value is -5.61. The van der Waals surface area contributed by atoms with Gasteiger partial charge in [0.2, 0.25) is 0 Å². The fourth-order valence-corrected chi connectivity index (χ4v) is 6.21. The molecule has 0 amide bonds. The first-order chi connectivity index (χ1) is 24.1. The summed E-state index contributed by atoms with van der Waals surface area (Å²) < 4.78 is 71.4. The topological polar surface area (TPSA) is 78.5 Å². The summed E-state index contributed by atoms with van der Waals surface area (Å²) >= 11 is 0. The molecular weight excluding hydrogens is 646 g/mol. The van der Waals surface area contributed by atoms with Crippen LogP contribution in [0.4, 0.5) is 23.4 Å². The number of pyridine rings is 1. The fraction of sp³-hybridized carbons (Fsp3) is 0.175. The van der Waals surface area contributed by atoms with Crippen molar-refractivity contribution >= 4 is 11.4 Å². The highest BCUT2D eigenvalue weighted by Gasteiger charge is 2.26. The molecule has 0 aliphatic heterocycles. The molecule has 3 N–H and O–H groups in total. The normalized spacial score (nSPS) is 13.1. The second-order valence-corrected chi connectivity index (χ2v) is 12.0. The Kier molecular flexibility index (Phi) is 10.2. The van der Waals surface area contributed by atoms with Crippen LogP contribution in [0.5, 0.6) is 5.75 Å². The van der Waals surface area contributed by atoms with Gasteiger partial charge in [0.25, 0.3) is 5.56 Å². The van der Waals surface area contributed by atoms with Crippen molar-refractivity contribution in [3.8, 4) is 11.4 Å². The lowest BCUT2D eigenvalue weighted by Crippen LogP contribution is -2.28. The highest BCUT2D eigenvalue weighted by Crippen LogP contribution is 2.32. The van der Waals surface area contributed by atoms with Gasteiger partial charge in [-0.15, -0.1) is 0 Å². The number of nitrogen functional groups attached to an aromatic ring is 1. The maximum atomic E-state index is 15.4. The molecule has 0 bridgehead atoms. The van der Waals surface area contributed by atoms with Crippen molar-refractivity contribution in [3.63, 3.8) is 0 Å². The number of nitrogens with one attached hydrogen (secondary N) is 1. The lowest BCUT2D eigenvalue weighted by Gasteiger charge is -2.25. The monoisotopic (exact) mass is 681 g/mol. The van der Waals surface area contributed by atoms with Crippen LogP contribution in [-0.4, -0.2) is 23.8 Å². The summed E-state index contributed by atoms with van der Waals surface area (Å²) in [7, 11) is 0. The van der Waals surface area contributed by atoms with E-state index in [1.165, 1.54) is 17.2 Å². The lowest BCUT2D eigenvalue weighted by molar-refractivity contribution is 0.107. The second-order valence-electron chi connectivity index (χ2n) is 12.0. The zero-order valence-electron chi connectivity index (χ0n) is 27.1. The van der Waals surface area contributed by atoms with E-state index >= 15 is 8.78 Å². The smallest absolute Gasteiger partial charge is 0.256 e. The first kappa shape index (κ1) is 34.3. The third kappa shape index (κ3) is 7.35. The summed E-state index contributed by atoms with van der Waals surface area (Å²) in [4.78, 5) is 12.8. The van der Waals surface area contributed by atoms with E-state index < -0.39 is 34.5 Å². The molecule has 4 aromatic carbocycles. The minimum Gasteiger partial charge on any atom is -0.493 e. The molecule has 0 radical (unpaired) electrons. The maximum Gasteiger partial charge on any atom is 0.256 e. The van der Waals surface area contributed by atoms with Gasteiger partial charge in [-0.2, -0.15) is 0 Å². The van der Waals surface area contributed by atoms with Crippen LogP contribution in [0.1, 0.15) is 40.3 Å². The number of aromatic nitrogens is 1. The third-order valence-corrected chi connectivity index (χ3v) is 8.65. The van der Waals surface area contributed by atoms with Gasteiger partial charge in [0.15, 0.2) is 11.6 Å². The van der Waals surface area contributed by atoms with E-state index in [1.807, 2.05) is 42.5 Å². The van der Waals surface area contributed by atoms with Crippen molar-refractivity contribution < 1.29 is 27.0 Å². The minimum atomic E-state index is -1.10. The van der Waals surface area contributed by atoms with Crippen LogP contribution in [0.25, 0.3) is 11.3 Å². The molecule has 0 unspecified atom stereocenters. The number of rotatable bonds is 13. The Bertz CT molecular complexity index is 2070. The molecule has 6 rings (SSSR count). The molecule has 5 aromatic rings. The van der Waals surface area contributed by atoms with Crippen molar-refractivity contribution in [2.45, 2.75) is 31.4 Å². The van der Waals surface area contributed by atoms with E-state index in [4.69, 9.17) is 15.2 Å². The SMILES string of the molecule is C=C(c1ccc(F)cc1F)c1ccc(=O)n(-c2c(F)cc(OCCCN[C@H](C(=C)OC3Cc4ccccc4C3)c3ccccc3)cc2F)c1N. The van der Waals surface area contributed by atoms with Crippen molar-refractivity contribution in [3.05, 3.63) is 177 Å². The van der Waals surface area contributed by atoms with E-state index in [2.05, 4.69) is 30.6 Å². The molecule has 256 valence electrons. The Morgan fingerprint density at radius 3 is 2.14 bits per heavy atom. The predicted molar refractivity (Wildman–Crippen MR) is 186 cm³/mol. The molecule has 10 heteroatoms. The van der Waals surface area contributed by atoms with Crippen LogP contribution in [0.2, 0.25) is 0 Å². The standard InChI is InChI=1S/C40H35F4N3O3/c1-24(32-14-13-29(41)21-34(32)42)33-15-16-37(48)47(40(33)45)39-35(43)22-30(23-36(39)44)49-18-8-17-46-38(26-9-4-3-5-10-26)25(2)50-31-19-27-11-6-7-12-28(27)20-31/h3-7,9-16,21-23,31,38,46H,1-2,8,17-20,45H2/t38-/m1/s1. The number of hydrogen-bond acceptors (Lipinski definition) is 5. The number of nitrogens with two attached hydrogens (primary N) is 1. The van der Waals surface area contributed by atoms with E-state index in [0.29, 0.717) is 29.4 Å². The quantitative estimate of drug-likeness (QED) is 0.0753. The largest absolute Gasteiger partial charge is 0.493 e. The van der Waals surface area contributed by atoms with Crippen molar-refractivity contribution in [2.75, 3.05) is 18.9 Å². The number of fused-ring (bicyclic) bond motifs is 1. The number of benzene rings is 4. The van der Waals surface area contributed by atoms with E-state index in [9.17, 15) is 13.6 Å². The summed E-state index contributed by atoms with van der Waals surface area (Å²) in [5.74, 6) is -3.77. The predicted octanol–water partition coefficient (Wildman–Crippen LogP) is 7.84. The van der Waals surface area contributed by atoms with Crippen LogP contribution >= 0.6 is 0 Å². The lowest BCUT2D eigenvalue weighted by atomic mass is 9.99. The minimum absolute atomic E-state index is 0.00289. The fourth-order valence-electron chi connectivity index (χ4n) is 6.21. The summed E-state index contributed by atoms with van der Waals surface area (Å²) in [6, 6.07) is 24.9. The van der Waals surface area contributed by atoms with Gasteiger partial charge in [-0.1, -0.05) is 67.8 Å². The molecule has 6 nitrogen and oxygen atoms in total. The summed E-state index contributed by atoms with van der Waals surface area (Å²) in [6.07, 6.45) is 2.10. The molecule has 50 heavy (non-hydrogen) atoms. The number of anilines is 1. The van der Waals surface area contributed by atoms with Crippen LogP contribution < -0.4 is 21.3 Å². The number of halogens is 4. The van der Waals surface area contributed by atoms with Crippen LogP contribution in [0.3, 0.4) is 0 Å². The van der Waals surface area contributed by atoms with E-state index in [1.54, 1.807) is 0 Å². The van der Waals surface area contributed by atoms with E-state index in [0.717, 1.165) is 48.7 Å². The average Bonchev–Trinajstić information content (AvgIpc) is 3.50. The van der Waals surface area contributed by atoms with Crippen molar-refractivity contribution in [1.82, 2.24) is 9.88 Å². The molecule has 0 saturated heterocycles. The zero-order valence-corrected chi connectivity index (χ0v) is 27.1. The van der Waals surface area contributed by atoms with Gasteiger partial charge in [-0.25, -0.2) is 17.6 Å². The molecule has 1 atom stereocenters. The Labute approximate surface area is 287 Å². The maximum absolute atomic E-state index is 15.4. The van der Waals surface area contributed by atoms with Gasteiger partial charge in [0, 0.05) is 48.2 Å². The summed E-state index contributed by atoms with van der Waals surface area (Å²) in [5, 5.41) is 3.46. The van der Waals surface area contributed by atoms with Crippen LogP contribution in [0.15, 0.2) is 121 Å². The zero-order chi connectivity index (χ0) is 35.4. The number of hydrogen-bond donors (Lipinski definition) is 2. The van der Waals surface area contributed by atoms with Crippen molar-refractivity contribution in [1.29, 1.82) is 0 Å². The van der Waals surface area contributed by atoms with Gasteiger partial charge >= 0.3 is 0 Å². The Morgan fingerprint density at radius 2 is 1.48 bits per heavy atom. The number of ether oxygens (including phenoxy) is 2. The number of nitrogens with zero attached hydrogens (tertiary/aromatic N) is 1. The molecule has 0 spiro atoms. The van der Waals surface area contributed by atoms with Crippen LogP contribution in [-0.2, 0) is 17.6 Å². The van der Waals surface area contributed by atoms with Gasteiger partial charge in [0.1, 0.15) is 40.8 Å². The molecule has 0 saturated carbocycles. The van der Waals surface area contributed by atoms with Gasteiger partial charge in [0.05, 0.1) is 12.6 Å². The molecule has 0 fully saturated rings. The molecule has 1 heterocycles. The summed E-state index contributed by atoms with van der Waals surface area (Å²) in [5.41, 5.74) is 8.13. The Morgan fingerprint density at radius 1 is 0.840 bits per heavy atom. The molecule has 1 aliphatic carbocycles. The first-order valence-corrected chi connectivity index (χ1v) is 16.1. The first-order valence-electron chi connectivity index (χ1n) is 16.1. The highest BCUT2D eigenvalue weighted by molar-refractivity contribution is 5.83. The second kappa shape index (κ2) is 14.9. The molecule has 1 aromatic heterocycles. The van der Waals surface area contributed by atoms with E-state index in [-0.39, 0.29) is 47.0 Å². The third-order valence-electron chi connectivity index (χ3n) is 8.65. The van der Waals surface area contributed by atoms with Gasteiger partial charge in [-0.3, -0.25) is 9.36 Å². The molecule has 1 aliphatic rings.